The molecule has 21 heavy (non-hydrogen) atoms. The number of benzene rings is 1. The van der Waals surface area contributed by atoms with Gasteiger partial charge in [-0.1, -0.05) is 15.9 Å². The Labute approximate surface area is 148 Å². The van der Waals surface area contributed by atoms with Gasteiger partial charge in [-0.05, 0) is 52.8 Å². The first-order valence-corrected chi connectivity index (χ1v) is 9.12. The Balaban J connectivity index is 2.06. The molecule has 0 aliphatic carbocycles. The molecule has 1 aliphatic rings. The maximum absolute atomic E-state index is 12.6. The number of rotatable bonds is 2. The average Bonchev–Trinajstić information content (AvgIpc) is 3.02. The van der Waals surface area contributed by atoms with Crippen molar-refractivity contribution in [2.45, 2.75) is 13.3 Å². The third-order valence-corrected chi connectivity index (χ3v) is 5.96. The minimum absolute atomic E-state index is 0.0135. The van der Waals surface area contributed by atoms with Crippen molar-refractivity contribution in [3.63, 3.8) is 0 Å². The van der Waals surface area contributed by atoms with Gasteiger partial charge >= 0.3 is 0 Å². The van der Waals surface area contributed by atoms with Crippen molar-refractivity contribution in [1.29, 1.82) is 0 Å². The molecular formula is C15H11BrINO2S. The Morgan fingerprint density at radius 3 is 2.71 bits per heavy atom. The van der Waals surface area contributed by atoms with Gasteiger partial charge in [0.25, 0.3) is 0 Å². The van der Waals surface area contributed by atoms with Crippen molar-refractivity contribution in [2.75, 3.05) is 11.4 Å². The van der Waals surface area contributed by atoms with E-state index >= 15 is 0 Å². The van der Waals surface area contributed by atoms with Crippen molar-refractivity contribution in [1.82, 2.24) is 0 Å². The SMILES string of the molecule is CC(=O)N1CCc2cc(Br)c(C(=O)c3csc(I)c3)cc21. The van der Waals surface area contributed by atoms with Crippen LogP contribution in [0.4, 0.5) is 5.69 Å². The van der Waals surface area contributed by atoms with E-state index in [1.807, 2.05) is 23.6 Å². The standard InChI is InChI=1S/C15H11BrINO2S/c1-8(19)18-3-2-9-4-12(16)11(6-13(9)18)15(20)10-5-14(17)21-7-10/h4-7H,2-3H2,1H3. The predicted molar refractivity (Wildman–Crippen MR) is 96.3 cm³/mol. The Morgan fingerprint density at radius 2 is 2.10 bits per heavy atom. The van der Waals surface area contributed by atoms with Gasteiger partial charge in [-0.25, -0.2) is 0 Å². The first-order valence-electron chi connectivity index (χ1n) is 6.36. The highest BCUT2D eigenvalue weighted by Crippen LogP contribution is 2.34. The van der Waals surface area contributed by atoms with Crippen LogP contribution in [0.1, 0.15) is 28.4 Å². The molecular weight excluding hydrogens is 465 g/mol. The lowest BCUT2D eigenvalue weighted by Crippen LogP contribution is -2.25. The second-order valence-corrected chi connectivity index (χ2v) is 8.51. The summed E-state index contributed by atoms with van der Waals surface area (Å²) in [5.74, 6) is -0.00111. The number of ketones is 1. The van der Waals surface area contributed by atoms with Crippen LogP contribution >= 0.6 is 49.9 Å². The van der Waals surface area contributed by atoms with Crippen LogP contribution < -0.4 is 4.90 Å². The topological polar surface area (TPSA) is 37.4 Å². The molecule has 1 aromatic carbocycles. The fourth-order valence-corrected chi connectivity index (χ4v) is 4.39. The second-order valence-electron chi connectivity index (χ2n) is 4.85. The van der Waals surface area contributed by atoms with E-state index < -0.39 is 0 Å². The molecule has 1 amide bonds. The van der Waals surface area contributed by atoms with Crippen LogP contribution in [0, 0.1) is 2.88 Å². The van der Waals surface area contributed by atoms with Gasteiger partial charge in [0, 0.05) is 40.1 Å². The van der Waals surface area contributed by atoms with Crippen molar-refractivity contribution in [3.05, 3.63) is 47.6 Å². The number of hydrogen-bond donors (Lipinski definition) is 0. The lowest BCUT2D eigenvalue weighted by Gasteiger charge is -2.16. The molecule has 0 spiro atoms. The van der Waals surface area contributed by atoms with Crippen LogP contribution in [0.3, 0.4) is 0 Å². The highest BCUT2D eigenvalue weighted by Gasteiger charge is 2.25. The number of hydrogen-bond acceptors (Lipinski definition) is 3. The van der Waals surface area contributed by atoms with Gasteiger partial charge in [0.1, 0.15) is 0 Å². The van der Waals surface area contributed by atoms with E-state index in [0.29, 0.717) is 17.7 Å². The smallest absolute Gasteiger partial charge is 0.223 e. The van der Waals surface area contributed by atoms with E-state index in [1.165, 1.54) is 0 Å². The number of fused-ring (bicyclic) bond motifs is 1. The van der Waals surface area contributed by atoms with E-state index in [1.54, 1.807) is 23.2 Å². The minimum atomic E-state index is -0.0146. The normalized spacial score (nSPS) is 13.4. The number of carbonyl (C=O) groups excluding carboxylic acids is 2. The summed E-state index contributed by atoms with van der Waals surface area (Å²) < 4.78 is 1.87. The monoisotopic (exact) mass is 475 g/mol. The summed E-state index contributed by atoms with van der Waals surface area (Å²) in [6, 6.07) is 5.68. The Kier molecular flexibility index (Phi) is 4.20. The summed E-state index contributed by atoms with van der Waals surface area (Å²) >= 11 is 7.24. The second kappa shape index (κ2) is 5.81. The number of amides is 1. The summed E-state index contributed by atoms with van der Waals surface area (Å²) in [6.07, 6.45) is 0.832. The van der Waals surface area contributed by atoms with Crippen molar-refractivity contribution in [2.24, 2.45) is 0 Å². The van der Waals surface area contributed by atoms with E-state index in [4.69, 9.17) is 0 Å². The largest absolute Gasteiger partial charge is 0.312 e. The fraction of sp³-hybridized carbons (Fsp3) is 0.200. The van der Waals surface area contributed by atoms with E-state index in [0.717, 1.165) is 25.0 Å². The average molecular weight is 476 g/mol. The zero-order valence-electron chi connectivity index (χ0n) is 11.2. The van der Waals surface area contributed by atoms with Gasteiger partial charge < -0.3 is 4.90 Å². The highest BCUT2D eigenvalue weighted by atomic mass is 127. The van der Waals surface area contributed by atoms with Gasteiger partial charge in [-0.2, -0.15) is 0 Å². The molecule has 2 heterocycles. The van der Waals surface area contributed by atoms with Gasteiger partial charge in [-0.3, -0.25) is 9.59 Å². The van der Waals surface area contributed by atoms with Crippen LogP contribution in [0.5, 0.6) is 0 Å². The van der Waals surface area contributed by atoms with Gasteiger partial charge in [-0.15, -0.1) is 11.3 Å². The zero-order valence-corrected chi connectivity index (χ0v) is 15.7. The molecule has 0 atom stereocenters. The van der Waals surface area contributed by atoms with Crippen LogP contribution in [-0.4, -0.2) is 18.2 Å². The molecule has 6 heteroatoms. The molecule has 0 saturated carbocycles. The number of nitrogens with zero attached hydrogens (tertiary/aromatic N) is 1. The molecule has 0 fully saturated rings. The van der Waals surface area contributed by atoms with Gasteiger partial charge in [0.2, 0.25) is 5.91 Å². The zero-order chi connectivity index (χ0) is 15.1. The Morgan fingerprint density at radius 1 is 1.33 bits per heavy atom. The highest BCUT2D eigenvalue weighted by molar-refractivity contribution is 14.1. The first kappa shape index (κ1) is 15.2. The molecule has 0 unspecified atom stereocenters. The van der Waals surface area contributed by atoms with Gasteiger partial charge in [0.05, 0.1) is 2.88 Å². The van der Waals surface area contributed by atoms with Crippen molar-refractivity contribution in [3.8, 4) is 0 Å². The third kappa shape index (κ3) is 2.80. The lowest BCUT2D eigenvalue weighted by atomic mass is 10.0. The summed E-state index contributed by atoms with van der Waals surface area (Å²) in [5, 5.41) is 1.87. The minimum Gasteiger partial charge on any atom is -0.312 e. The molecule has 2 aromatic rings. The molecule has 108 valence electrons. The third-order valence-electron chi connectivity index (χ3n) is 3.52. The number of halogens is 2. The van der Waals surface area contributed by atoms with Crippen LogP contribution in [0.2, 0.25) is 0 Å². The summed E-state index contributed by atoms with van der Waals surface area (Å²) in [4.78, 5) is 26.0. The quantitative estimate of drug-likeness (QED) is 0.480. The van der Waals surface area contributed by atoms with E-state index in [9.17, 15) is 9.59 Å². The molecule has 0 bridgehead atoms. The number of anilines is 1. The molecule has 0 N–H and O–H groups in total. The summed E-state index contributed by atoms with van der Waals surface area (Å²) in [5.41, 5.74) is 3.26. The van der Waals surface area contributed by atoms with Crippen LogP contribution in [0.25, 0.3) is 0 Å². The lowest BCUT2D eigenvalue weighted by molar-refractivity contribution is -0.116. The molecule has 1 aromatic heterocycles. The fourth-order valence-electron chi connectivity index (χ4n) is 2.49. The predicted octanol–water partition coefficient (Wildman–Crippen LogP) is 4.26. The van der Waals surface area contributed by atoms with Crippen molar-refractivity contribution < 1.29 is 9.59 Å². The van der Waals surface area contributed by atoms with Crippen LogP contribution in [0.15, 0.2) is 28.1 Å². The maximum atomic E-state index is 12.6. The number of carbonyl (C=O) groups is 2. The Bertz CT molecular complexity index is 756. The van der Waals surface area contributed by atoms with E-state index in [2.05, 4.69) is 38.5 Å². The maximum Gasteiger partial charge on any atom is 0.223 e. The van der Waals surface area contributed by atoms with Gasteiger partial charge in [0.15, 0.2) is 5.78 Å². The molecule has 3 nitrogen and oxygen atoms in total. The molecule has 0 radical (unpaired) electrons. The molecule has 3 rings (SSSR count). The molecule has 0 saturated heterocycles. The van der Waals surface area contributed by atoms with Crippen LogP contribution in [-0.2, 0) is 11.2 Å². The van der Waals surface area contributed by atoms with E-state index in [-0.39, 0.29) is 11.7 Å². The number of thiophene rings is 1. The van der Waals surface area contributed by atoms with Crippen molar-refractivity contribution >= 4 is 67.2 Å². The summed E-state index contributed by atoms with van der Waals surface area (Å²) in [6.45, 7) is 2.24. The molecule has 1 aliphatic heterocycles. The summed E-state index contributed by atoms with van der Waals surface area (Å²) in [7, 11) is 0. The Hall–Kier alpha value is -0.730. The first-order chi connectivity index (χ1) is 9.97.